The van der Waals surface area contributed by atoms with Gasteiger partial charge in [0.2, 0.25) is 5.95 Å². The molecule has 2 rings (SSSR count). The van der Waals surface area contributed by atoms with E-state index in [0.717, 1.165) is 29.5 Å². The lowest BCUT2D eigenvalue weighted by Gasteiger charge is -2.14. The zero-order valence-corrected chi connectivity index (χ0v) is 11.2. The Morgan fingerprint density at radius 1 is 1.18 bits per heavy atom. The quantitative estimate of drug-likeness (QED) is 0.833. The number of anilines is 1. The molecule has 0 aliphatic heterocycles. The van der Waals surface area contributed by atoms with Gasteiger partial charge >= 0.3 is 0 Å². The number of rotatable bonds is 4. The summed E-state index contributed by atoms with van der Waals surface area (Å²) in [5, 5.41) is 1.11. The number of nitrogens with zero attached hydrogens (tertiary/aromatic N) is 4. The second-order valence-corrected chi connectivity index (χ2v) is 5.19. The average Bonchev–Trinajstić information content (AvgIpc) is 2.77. The van der Waals surface area contributed by atoms with Gasteiger partial charge in [-0.15, -0.1) is 11.3 Å². The van der Waals surface area contributed by atoms with Crippen LogP contribution in [0.4, 0.5) is 5.95 Å². The predicted octanol–water partition coefficient (Wildman–Crippen LogP) is 2.44. The molecule has 0 spiro atoms. The summed E-state index contributed by atoms with van der Waals surface area (Å²) in [6.45, 7) is 4.88. The monoisotopic (exact) mass is 248 g/mol. The summed E-state index contributed by atoms with van der Waals surface area (Å²) in [4.78, 5) is 16.3. The fourth-order valence-electron chi connectivity index (χ4n) is 1.44. The molecule has 90 valence electrons. The fourth-order valence-corrected chi connectivity index (χ4v) is 2.36. The van der Waals surface area contributed by atoms with E-state index in [1.807, 2.05) is 37.5 Å². The maximum absolute atomic E-state index is 4.39. The van der Waals surface area contributed by atoms with Crippen LogP contribution in [0, 0.1) is 6.92 Å². The topological polar surface area (TPSA) is 41.9 Å². The maximum Gasteiger partial charge on any atom is 0.225 e. The number of aryl methyl sites for hydroxylation is 2. The van der Waals surface area contributed by atoms with Crippen LogP contribution in [0.2, 0.25) is 0 Å². The Hall–Kier alpha value is -1.49. The first-order valence-electron chi connectivity index (χ1n) is 5.62. The van der Waals surface area contributed by atoms with Crippen molar-refractivity contribution in [3.8, 4) is 0 Å². The first kappa shape index (κ1) is 12.0. The Kier molecular flexibility index (Phi) is 3.68. The average molecular weight is 248 g/mol. The highest BCUT2D eigenvalue weighted by atomic mass is 32.1. The summed E-state index contributed by atoms with van der Waals surface area (Å²) >= 11 is 1.75. The SMILES string of the molecule is CCc1cnc(CN(C)c2ncc(C)cn2)s1. The molecule has 0 saturated heterocycles. The van der Waals surface area contributed by atoms with Gasteiger partial charge in [0.1, 0.15) is 5.01 Å². The third-order valence-corrected chi connectivity index (χ3v) is 3.56. The lowest BCUT2D eigenvalue weighted by Crippen LogP contribution is -2.18. The van der Waals surface area contributed by atoms with Crippen LogP contribution in [0.1, 0.15) is 22.4 Å². The van der Waals surface area contributed by atoms with Gasteiger partial charge in [-0.1, -0.05) is 6.92 Å². The summed E-state index contributed by atoms with van der Waals surface area (Å²) in [5.74, 6) is 0.740. The van der Waals surface area contributed by atoms with Gasteiger partial charge < -0.3 is 4.90 Å². The largest absolute Gasteiger partial charge is 0.337 e. The van der Waals surface area contributed by atoms with Crippen LogP contribution in [0.25, 0.3) is 0 Å². The van der Waals surface area contributed by atoms with Crippen molar-refractivity contribution < 1.29 is 0 Å². The van der Waals surface area contributed by atoms with Crippen LogP contribution in [0.5, 0.6) is 0 Å². The normalized spacial score (nSPS) is 10.5. The van der Waals surface area contributed by atoms with Crippen LogP contribution in [-0.2, 0) is 13.0 Å². The van der Waals surface area contributed by atoms with Gasteiger partial charge in [0.05, 0.1) is 6.54 Å². The highest BCUT2D eigenvalue weighted by molar-refractivity contribution is 7.11. The first-order chi connectivity index (χ1) is 8.19. The molecule has 0 atom stereocenters. The second-order valence-electron chi connectivity index (χ2n) is 3.99. The minimum atomic E-state index is 0.740. The van der Waals surface area contributed by atoms with Gasteiger partial charge in [-0.05, 0) is 18.9 Å². The van der Waals surface area contributed by atoms with Crippen LogP contribution in [0.3, 0.4) is 0 Å². The molecule has 0 aliphatic rings. The molecule has 0 fully saturated rings. The summed E-state index contributed by atoms with van der Waals surface area (Å²) in [5.41, 5.74) is 1.07. The number of aromatic nitrogens is 3. The van der Waals surface area contributed by atoms with Crippen molar-refractivity contribution >= 4 is 17.3 Å². The molecule has 0 N–H and O–H groups in total. The van der Waals surface area contributed by atoms with E-state index in [0.29, 0.717) is 0 Å². The molecule has 2 aromatic rings. The van der Waals surface area contributed by atoms with Gasteiger partial charge in [-0.3, -0.25) is 0 Å². The van der Waals surface area contributed by atoms with E-state index in [-0.39, 0.29) is 0 Å². The Balaban J connectivity index is 2.05. The van der Waals surface area contributed by atoms with E-state index in [2.05, 4.69) is 21.9 Å². The van der Waals surface area contributed by atoms with Crippen molar-refractivity contribution in [1.82, 2.24) is 15.0 Å². The van der Waals surface area contributed by atoms with Gasteiger partial charge in [-0.25, -0.2) is 15.0 Å². The zero-order chi connectivity index (χ0) is 12.3. The third kappa shape index (κ3) is 3.00. The van der Waals surface area contributed by atoms with Gasteiger partial charge in [0.25, 0.3) is 0 Å². The second kappa shape index (κ2) is 5.23. The molecule has 2 aromatic heterocycles. The maximum atomic E-state index is 4.39. The number of thiazole rings is 1. The standard InChI is InChI=1S/C12H16N4S/c1-4-10-7-13-11(17-10)8-16(3)12-14-5-9(2)6-15-12/h5-7H,4,8H2,1-3H3. The van der Waals surface area contributed by atoms with Crippen molar-refractivity contribution in [2.45, 2.75) is 26.8 Å². The van der Waals surface area contributed by atoms with Crippen molar-refractivity contribution in [3.05, 3.63) is 34.0 Å². The Morgan fingerprint density at radius 3 is 2.47 bits per heavy atom. The molecular weight excluding hydrogens is 232 g/mol. The van der Waals surface area contributed by atoms with E-state index in [4.69, 9.17) is 0 Å². The molecule has 0 amide bonds. The van der Waals surface area contributed by atoms with Crippen molar-refractivity contribution in [2.24, 2.45) is 0 Å². The molecule has 4 nitrogen and oxygen atoms in total. The Labute approximate surface area is 105 Å². The highest BCUT2D eigenvalue weighted by Gasteiger charge is 2.07. The van der Waals surface area contributed by atoms with Gasteiger partial charge in [-0.2, -0.15) is 0 Å². The van der Waals surface area contributed by atoms with E-state index in [9.17, 15) is 0 Å². The number of hydrogen-bond acceptors (Lipinski definition) is 5. The summed E-state index contributed by atoms with van der Waals surface area (Å²) in [7, 11) is 1.98. The van der Waals surface area contributed by atoms with Gasteiger partial charge in [0.15, 0.2) is 0 Å². The minimum Gasteiger partial charge on any atom is -0.337 e. The van der Waals surface area contributed by atoms with Crippen molar-refractivity contribution in [1.29, 1.82) is 0 Å². The minimum absolute atomic E-state index is 0.740. The molecule has 17 heavy (non-hydrogen) atoms. The lowest BCUT2D eigenvalue weighted by atomic mass is 10.4. The predicted molar refractivity (Wildman–Crippen MR) is 70.4 cm³/mol. The molecule has 0 bridgehead atoms. The van der Waals surface area contributed by atoms with Gasteiger partial charge in [0, 0.05) is 30.5 Å². The fraction of sp³-hybridized carbons (Fsp3) is 0.417. The van der Waals surface area contributed by atoms with Crippen LogP contribution < -0.4 is 4.90 Å². The molecule has 0 unspecified atom stereocenters. The molecule has 0 aliphatic carbocycles. The summed E-state index contributed by atoms with van der Waals surface area (Å²) in [6.07, 6.45) is 6.66. The molecule has 0 saturated carbocycles. The van der Waals surface area contributed by atoms with E-state index in [1.54, 1.807) is 11.3 Å². The molecule has 2 heterocycles. The lowest BCUT2D eigenvalue weighted by molar-refractivity contribution is 0.856. The van der Waals surface area contributed by atoms with Crippen LogP contribution >= 0.6 is 11.3 Å². The summed E-state index contributed by atoms with van der Waals surface area (Å²) < 4.78 is 0. The van der Waals surface area contributed by atoms with Crippen molar-refractivity contribution in [2.75, 3.05) is 11.9 Å². The first-order valence-corrected chi connectivity index (χ1v) is 6.44. The van der Waals surface area contributed by atoms with Crippen molar-refractivity contribution in [3.63, 3.8) is 0 Å². The third-order valence-electron chi connectivity index (χ3n) is 2.43. The van der Waals surface area contributed by atoms with Crippen LogP contribution in [0.15, 0.2) is 18.6 Å². The molecule has 5 heteroatoms. The molecular formula is C12H16N4S. The number of hydrogen-bond donors (Lipinski definition) is 0. The molecule has 0 radical (unpaired) electrons. The van der Waals surface area contributed by atoms with E-state index < -0.39 is 0 Å². The summed E-state index contributed by atoms with van der Waals surface area (Å²) in [6, 6.07) is 0. The highest BCUT2D eigenvalue weighted by Crippen LogP contribution is 2.16. The van der Waals surface area contributed by atoms with E-state index >= 15 is 0 Å². The molecule has 0 aromatic carbocycles. The van der Waals surface area contributed by atoms with Crippen LogP contribution in [-0.4, -0.2) is 22.0 Å². The Bertz CT molecular complexity index is 478. The Morgan fingerprint density at radius 2 is 1.88 bits per heavy atom. The smallest absolute Gasteiger partial charge is 0.225 e. The van der Waals surface area contributed by atoms with E-state index in [1.165, 1.54) is 4.88 Å². The zero-order valence-electron chi connectivity index (χ0n) is 10.3.